The lowest BCUT2D eigenvalue weighted by atomic mass is 10.0. The molecule has 1 aliphatic rings. The van der Waals surface area contributed by atoms with E-state index in [1.54, 1.807) is 6.07 Å². The Labute approximate surface area is 175 Å². The van der Waals surface area contributed by atoms with Crippen molar-refractivity contribution in [3.05, 3.63) is 70.5 Å². The Morgan fingerprint density at radius 1 is 1.30 bits per heavy atom. The van der Waals surface area contributed by atoms with E-state index in [-0.39, 0.29) is 5.92 Å². The Hall–Kier alpha value is -3.57. The lowest BCUT2D eigenvalue weighted by molar-refractivity contribution is 0.0946. The van der Waals surface area contributed by atoms with E-state index < -0.39 is 17.8 Å². The number of nitrogens with one attached hydrogen (secondary N) is 1. The van der Waals surface area contributed by atoms with Crippen molar-refractivity contribution in [3.63, 3.8) is 0 Å². The molecule has 8 heteroatoms. The SMILES string of the molecule is N#CC(NC(=O)c1cc(-c2cccs2)nc2onc(C3CC3)c12)c1ccc(F)cc1. The smallest absolute Gasteiger partial charge is 0.259 e. The van der Waals surface area contributed by atoms with Crippen LogP contribution in [0.25, 0.3) is 21.7 Å². The van der Waals surface area contributed by atoms with Gasteiger partial charge in [0.15, 0.2) is 0 Å². The Morgan fingerprint density at radius 3 is 2.77 bits per heavy atom. The van der Waals surface area contributed by atoms with Crippen LogP contribution in [-0.4, -0.2) is 16.0 Å². The summed E-state index contributed by atoms with van der Waals surface area (Å²) < 4.78 is 18.7. The zero-order valence-corrected chi connectivity index (χ0v) is 16.4. The summed E-state index contributed by atoms with van der Waals surface area (Å²) in [6.45, 7) is 0. The van der Waals surface area contributed by atoms with Gasteiger partial charge in [-0.2, -0.15) is 5.26 Å². The first-order valence-electron chi connectivity index (χ1n) is 9.44. The van der Waals surface area contributed by atoms with Gasteiger partial charge in [-0.3, -0.25) is 4.79 Å². The van der Waals surface area contributed by atoms with Crippen LogP contribution in [0.15, 0.2) is 52.4 Å². The number of halogens is 1. The maximum Gasteiger partial charge on any atom is 0.259 e. The molecule has 1 amide bonds. The fourth-order valence-electron chi connectivity index (χ4n) is 3.39. The number of benzene rings is 1. The van der Waals surface area contributed by atoms with E-state index in [9.17, 15) is 14.4 Å². The third-order valence-electron chi connectivity index (χ3n) is 5.06. The summed E-state index contributed by atoms with van der Waals surface area (Å²) in [5.74, 6) is -0.575. The van der Waals surface area contributed by atoms with Crippen molar-refractivity contribution >= 4 is 28.3 Å². The van der Waals surface area contributed by atoms with Crippen LogP contribution in [0.1, 0.15) is 46.4 Å². The number of aromatic nitrogens is 2. The molecular weight excluding hydrogens is 403 g/mol. The van der Waals surface area contributed by atoms with E-state index in [0.717, 1.165) is 23.4 Å². The first kappa shape index (κ1) is 18.5. The minimum atomic E-state index is -0.921. The molecule has 0 aliphatic heterocycles. The van der Waals surface area contributed by atoms with Gasteiger partial charge in [-0.15, -0.1) is 11.3 Å². The van der Waals surface area contributed by atoms with Gasteiger partial charge in [0.2, 0.25) is 0 Å². The molecule has 1 atom stereocenters. The molecule has 6 nitrogen and oxygen atoms in total. The zero-order chi connectivity index (χ0) is 20.7. The van der Waals surface area contributed by atoms with Crippen LogP contribution < -0.4 is 5.32 Å². The van der Waals surface area contributed by atoms with E-state index in [1.807, 2.05) is 17.5 Å². The molecule has 1 unspecified atom stereocenters. The lowest BCUT2D eigenvalue weighted by Gasteiger charge is -2.13. The molecule has 148 valence electrons. The van der Waals surface area contributed by atoms with Crippen molar-refractivity contribution in [2.45, 2.75) is 24.8 Å². The number of hydrogen-bond acceptors (Lipinski definition) is 6. The van der Waals surface area contributed by atoms with Gasteiger partial charge < -0.3 is 9.84 Å². The summed E-state index contributed by atoms with van der Waals surface area (Å²) in [6.07, 6.45) is 1.98. The normalized spacial score (nSPS) is 14.4. The van der Waals surface area contributed by atoms with Crippen molar-refractivity contribution in [1.82, 2.24) is 15.5 Å². The minimum Gasteiger partial charge on any atom is -0.335 e. The number of thiophene rings is 1. The summed E-state index contributed by atoms with van der Waals surface area (Å²) >= 11 is 1.50. The van der Waals surface area contributed by atoms with Gasteiger partial charge in [0, 0.05) is 5.92 Å². The molecule has 0 saturated heterocycles. The van der Waals surface area contributed by atoms with Crippen LogP contribution in [0, 0.1) is 17.1 Å². The van der Waals surface area contributed by atoms with E-state index >= 15 is 0 Å². The molecule has 1 fully saturated rings. The number of rotatable bonds is 5. The fraction of sp³-hybridized carbons (Fsp3) is 0.182. The van der Waals surface area contributed by atoms with Gasteiger partial charge in [0.25, 0.3) is 11.6 Å². The molecular formula is C22H15FN4O2S. The molecule has 0 spiro atoms. The minimum absolute atomic E-state index is 0.260. The Morgan fingerprint density at radius 2 is 2.10 bits per heavy atom. The molecule has 1 aliphatic carbocycles. The van der Waals surface area contributed by atoms with Gasteiger partial charge in [-0.25, -0.2) is 9.37 Å². The van der Waals surface area contributed by atoms with Gasteiger partial charge in [0.05, 0.1) is 33.3 Å². The third-order valence-corrected chi connectivity index (χ3v) is 5.96. The molecule has 0 bridgehead atoms. The number of fused-ring (bicyclic) bond motifs is 1. The summed E-state index contributed by atoms with van der Waals surface area (Å²) in [5.41, 5.74) is 2.52. The van der Waals surface area contributed by atoms with Gasteiger partial charge >= 0.3 is 0 Å². The number of nitrogens with zero attached hydrogens (tertiary/aromatic N) is 3. The van der Waals surface area contributed by atoms with Gasteiger partial charge in [-0.05, 0) is 48.1 Å². The number of amides is 1. The van der Waals surface area contributed by atoms with E-state index in [4.69, 9.17) is 4.52 Å². The van der Waals surface area contributed by atoms with Crippen LogP contribution >= 0.6 is 11.3 Å². The lowest BCUT2D eigenvalue weighted by Crippen LogP contribution is -2.28. The topological polar surface area (TPSA) is 91.8 Å². The highest BCUT2D eigenvalue weighted by molar-refractivity contribution is 7.13. The maximum absolute atomic E-state index is 13.3. The molecule has 0 radical (unpaired) electrons. The van der Waals surface area contributed by atoms with Crippen LogP contribution in [0.3, 0.4) is 0 Å². The second kappa shape index (κ2) is 7.35. The van der Waals surface area contributed by atoms with Crippen LogP contribution in [-0.2, 0) is 0 Å². The third kappa shape index (κ3) is 3.33. The predicted octanol–water partition coefficient (Wildman–Crippen LogP) is 4.96. The molecule has 1 aromatic carbocycles. The second-order valence-corrected chi connectivity index (χ2v) is 8.09. The molecule has 3 aromatic heterocycles. The summed E-state index contributed by atoms with van der Waals surface area (Å²) in [5, 5.41) is 19.0. The fourth-order valence-corrected chi connectivity index (χ4v) is 4.08. The Kier molecular flexibility index (Phi) is 4.52. The maximum atomic E-state index is 13.3. The summed E-state index contributed by atoms with van der Waals surface area (Å²) in [6, 6.07) is 12.2. The second-order valence-electron chi connectivity index (χ2n) is 7.14. The van der Waals surface area contributed by atoms with E-state index in [1.165, 1.54) is 35.6 Å². The first-order valence-corrected chi connectivity index (χ1v) is 10.3. The standard InChI is InChI=1S/C22H15FN4O2S/c23-14-7-5-12(6-8-14)17(11-24)25-21(28)15-10-16(18-2-1-9-30-18)26-22-19(15)20(27-29-22)13-3-4-13/h1-2,5-10,13,17H,3-4H2,(H,25,28). The molecule has 1 N–H and O–H groups in total. The molecule has 5 rings (SSSR count). The highest BCUT2D eigenvalue weighted by atomic mass is 32.1. The number of carbonyl (C=O) groups is 1. The zero-order valence-electron chi connectivity index (χ0n) is 15.6. The molecule has 3 heterocycles. The van der Waals surface area contributed by atoms with Gasteiger partial charge in [0.1, 0.15) is 11.9 Å². The largest absolute Gasteiger partial charge is 0.335 e. The average molecular weight is 418 g/mol. The van der Waals surface area contributed by atoms with Crippen molar-refractivity contribution in [3.8, 4) is 16.6 Å². The molecule has 30 heavy (non-hydrogen) atoms. The van der Waals surface area contributed by atoms with Crippen LogP contribution in [0.2, 0.25) is 0 Å². The van der Waals surface area contributed by atoms with Crippen molar-refractivity contribution in [2.75, 3.05) is 0 Å². The van der Waals surface area contributed by atoms with Crippen molar-refractivity contribution in [2.24, 2.45) is 0 Å². The van der Waals surface area contributed by atoms with Gasteiger partial charge in [-0.1, -0.05) is 23.4 Å². The Balaban J connectivity index is 1.57. The summed E-state index contributed by atoms with van der Waals surface area (Å²) in [7, 11) is 0. The predicted molar refractivity (Wildman–Crippen MR) is 109 cm³/mol. The molecule has 4 aromatic rings. The number of hydrogen-bond donors (Lipinski definition) is 1. The number of nitriles is 1. The van der Waals surface area contributed by atoms with E-state index in [2.05, 4.69) is 21.5 Å². The van der Waals surface area contributed by atoms with Crippen LogP contribution in [0.5, 0.6) is 0 Å². The highest BCUT2D eigenvalue weighted by Gasteiger charge is 2.32. The molecule has 1 saturated carbocycles. The highest BCUT2D eigenvalue weighted by Crippen LogP contribution is 2.43. The Bertz CT molecular complexity index is 1270. The van der Waals surface area contributed by atoms with E-state index in [0.29, 0.717) is 27.9 Å². The quantitative estimate of drug-likeness (QED) is 0.494. The average Bonchev–Trinajstić information content (AvgIpc) is 3.27. The van der Waals surface area contributed by atoms with Crippen LogP contribution in [0.4, 0.5) is 4.39 Å². The summed E-state index contributed by atoms with van der Waals surface area (Å²) in [4.78, 5) is 18.7. The number of pyridine rings is 1. The first-order chi connectivity index (χ1) is 14.6. The van der Waals surface area contributed by atoms with Crippen molar-refractivity contribution < 1.29 is 13.7 Å². The van der Waals surface area contributed by atoms with Crippen molar-refractivity contribution in [1.29, 1.82) is 5.26 Å². The monoisotopic (exact) mass is 418 g/mol. The number of carbonyl (C=O) groups excluding carboxylic acids is 1.